The topological polar surface area (TPSA) is 38.7 Å². The molecule has 0 aromatic heterocycles. The molecule has 0 saturated heterocycles. The van der Waals surface area contributed by atoms with E-state index in [1.807, 2.05) is 50.2 Å². The largest absolute Gasteiger partial charge is 0.493 e. The van der Waals surface area contributed by atoms with Gasteiger partial charge in [0.05, 0.1) is 13.7 Å². The Morgan fingerprint density at radius 2 is 1.79 bits per heavy atom. The van der Waals surface area contributed by atoms with Crippen molar-refractivity contribution in [1.82, 2.24) is 0 Å². The molecule has 3 heteroatoms. The molecule has 0 spiro atoms. The summed E-state index contributed by atoms with van der Waals surface area (Å²) in [6.07, 6.45) is 0. The lowest BCUT2D eigenvalue weighted by molar-refractivity contribution is 0.281. The Labute approximate surface area is 113 Å². The standard InChI is InChI=1S/C16H18O3/c1-11-4-7-15(16(8-11)18-3)19-14-6-5-13(10-17)12(2)9-14/h4-9,17H,10H2,1-3H3. The summed E-state index contributed by atoms with van der Waals surface area (Å²) in [7, 11) is 1.63. The van der Waals surface area contributed by atoms with Crippen molar-refractivity contribution >= 4 is 0 Å². The zero-order valence-corrected chi connectivity index (χ0v) is 11.4. The van der Waals surface area contributed by atoms with Gasteiger partial charge in [0.2, 0.25) is 0 Å². The van der Waals surface area contributed by atoms with Gasteiger partial charge < -0.3 is 14.6 Å². The van der Waals surface area contributed by atoms with E-state index in [2.05, 4.69) is 0 Å². The minimum absolute atomic E-state index is 0.0416. The maximum Gasteiger partial charge on any atom is 0.169 e. The third kappa shape index (κ3) is 3.06. The number of methoxy groups -OCH3 is 1. The molecule has 0 saturated carbocycles. The summed E-state index contributed by atoms with van der Waals surface area (Å²) in [5, 5.41) is 9.15. The minimum Gasteiger partial charge on any atom is -0.493 e. The van der Waals surface area contributed by atoms with Crippen molar-refractivity contribution in [2.75, 3.05) is 7.11 Å². The van der Waals surface area contributed by atoms with Gasteiger partial charge in [0.1, 0.15) is 5.75 Å². The van der Waals surface area contributed by atoms with Gasteiger partial charge in [-0.1, -0.05) is 12.1 Å². The number of rotatable bonds is 4. The van der Waals surface area contributed by atoms with Crippen LogP contribution < -0.4 is 9.47 Å². The second-order valence-electron chi connectivity index (χ2n) is 4.50. The lowest BCUT2D eigenvalue weighted by Crippen LogP contribution is -1.93. The minimum atomic E-state index is 0.0416. The fraction of sp³-hybridized carbons (Fsp3) is 0.250. The number of ether oxygens (including phenoxy) is 2. The molecule has 0 bridgehead atoms. The predicted molar refractivity (Wildman–Crippen MR) is 74.9 cm³/mol. The first-order valence-electron chi connectivity index (χ1n) is 6.17. The van der Waals surface area contributed by atoms with E-state index >= 15 is 0 Å². The molecule has 0 amide bonds. The smallest absolute Gasteiger partial charge is 0.169 e. The molecule has 2 rings (SSSR count). The molecule has 1 N–H and O–H groups in total. The Hall–Kier alpha value is -2.00. The lowest BCUT2D eigenvalue weighted by Gasteiger charge is -2.12. The molecule has 0 radical (unpaired) electrons. The SMILES string of the molecule is COc1cc(C)ccc1Oc1ccc(CO)c(C)c1. The van der Waals surface area contributed by atoms with Crippen LogP contribution >= 0.6 is 0 Å². The third-order valence-electron chi connectivity index (χ3n) is 3.03. The average Bonchev–Trinajstić information content (AvgIpc) is 2.41. The second kappa shape index (κ2) is 5.76. The quantitative estimate of drug-likeness (QED) is 0.910. The average molecular weight is 258 g/mol. The highest BCUT2D eigenvalue weighted by molar-refractivity contribution is 5.46. The molecule has 0 heterocycles. The van der Waals surface area contributed by atoms with E-state index < -0.39 is 0 Å². The monoisotopic (exact) mass is 258 g/mol. The van der Waals surface area contributed by atoms with Crippen LogP contribution in [0.3, 0.4) is 0 Å². The Morgan fingerprint density at radius 1 is 1.00 bits per heavy atom. The van der Waals surface area contributed by atoms with E-state index in [1.165, 1.54) is 0 Å². The molecule has 2 aromatic carbocycles. The summed E-state index contributed by atoms with van der Waals surface area (Å²) in [5.74, 6) is 2.13. The number of aliphatic hydroxyl groups is 1. The summed E-state index contributed by atoms with van der Waals surface area (Å²) in [5.41, 5.74) is 3.03. The fourth-order valence-electron chi connectivity index (χ4n) is 1.90. The molecular weight excluding hydrogens is 240 g/mol. The lowest BCUT2D eigenvalue weighted by atomic mass is 10.1. The summed E-state index contributed by atoms with van der Waals surface area (Å²) in [4.78, 5) is 0. The molecular formula is C16H18O3. The first-order chi connectivity index (χ1) is 9.13. The van der Waals surface area contributed by atoms with Gasteiger partial charge in [0, 0.05) is 0 Å². The van der Waals surface area contributed by atoms with E-state index in [0.29, 0.717) is 11.5 Å². The van der Waals surface area contributed by atoms with Crippen molar-refractivity contribution in [2.45, 2.75) is 20.5 Å². The fourth-order valence-corrected chi connectivity index (χ4v) is 1.90. The van der Waals surface area contributed by atoms with Gasteiger partial charge in [-0.05, 0) is 54.8 Å². The first-order valence-corrected chi connectivity index (χ1v) is 6.17. The Bertz CT molecular complexity index is 576. The summed E-state index contributed by atoms with van der Waals surface area (Å²) in [6.45, 7) is 4.00. The number of hydrogen-bond donors (Lipinski definition) is 1. The Balaban J connectivity index is 2.28. The molecule has 100 valence electrons. The second-order valence-corrected chi connectivity index (χ2v) is 4.50. The van der Waals surface area contributed by atoms with Crippen LogP contribution in [0.1, 0.15) is 16.7 Å². The summed E-state index contributed by atoms with van der Waals surface area (Å²) < 4.78 is 11.1. The van der Waals surface area contributed by atoms with E-state index in [-0.39, 0.29) is 6.61 Å². The van der Waals surface area contributed by atoms with Gasteiger partial charge in [-0.15, -0.1) is 0 Å². The molecule has 0 aliphatic carbocycles. The predicted octanol–water partition coefficient (Wildman–Crippen LogP) is 3.60. The third-order valence-corrected chi connectivity index (χ3v) is 3.03. The van der Waals surface area contributed by atoms with Crippen LogP contribution in [-0.4, -0.2) is 12.2 Å². The molecule has 0 atom stereocenters. The Kier molecular flexibility index (Phi) is 4.07. The van der Waals surface area contributed by atoms with Gasteiger partial charge in [0.15, 0.2) is 11.5 Å². The zero-order chi connectivity index (χ0) is 13.8. The van der Waals surface area contributed by atoms with Crippen LogP contribution in [0.2, 0.25) is 0 Å². The van der Waals surface area contributed by atoms with Crippen LogP contribution in [0.25, 0.3) is 0 Å². The van der Waals surface area contributed by atoms with Crippen LogP contribution in [-0.2, 0) is 6.61 Å². The highest BCUT2D eigenvalue weighted by Crippen LogP contribution is 2.32. The number of aryl methyl sites for hydroxylation is 2. The maximum atomic E-state index is 9.15. The molecule has 19 heavy (non-hydrogen) atoms. The van der Waals surface area contributed by atoms with Crippen molar-refractivity contribution in [2.24, 2.45) is 0 Å². The van der Waals surface area contributed by atoms with Crippen molar-refractivity contribution < 1.29 is 14.6 Å². The van der Waals surface area contributed by atoms with Crippen molar-refractivity contribution in [3.8, 4) is 17.2 Å². The van der Waals surface area contributed by atoms with Crippen molar-refractivity contribution in [3.05, 3.63) is 53.1 Å². The number of aliphatic hydroxyl groups excluding tert-OH is 1. The number of benzene rings is 2. The van der Waals surface area contributed by atoms with Gasteiger partial charge in [-0.2, -0.15) is 0 Å². The van der Waals surface area contributed by atoms with Crippen LogP contribution in [0, 0.1) is 13.8 Å². The highest BCUT2D eigenvalue weighted by atomic mass is 16.5. The molecule has 0 aliphatic rings. The normalized spacial score (nSPS) is 10.3. The van der Waals surface area contributed by atoms with Gasteiger partial charge >= 0.3 is 0 Å². The summed E-state index contributed by atoms with van der Waals surface area (Å²) in [6, 6.07) is 11.4. The van der Waals surface area contributed by atoms with E-state index in [4.69, 9.17) is 14.6 Å². The maximum absolute atomic E-state index is 9.15. The molecule has 0 fully saturated rings. The van der Waals surface area contributed by atoms with Crippen LogP contribution in [0.4, 0.5) is 0 Å². The highest BCUT2D eigenvalue weighted by Gasteiger charge is 2.07. The van der Waals surface area contributed by atoms with E-state index in [9.17, 15) is 0 Å². The van der Waals surface area contributed by atoms with Crippen molar-refractivity contribution in [1.29, 1.82) is 0 Å². The molecule has 0 unspecified atom stereocenters. The van der Waals surface area contributed by atoms with Gasteiger partial charge in [-0.25, -0.2) is 0 Å². The zero-order valence-electron chi connectivity index (χ0n) is 11.4. The Morgan fingerprint density at radius 3 is 2.42 bits per heavy atom. The molecule has 3 nitrogen and oxygen atoms in total. The number of hydrogen-bond acceptors (Lipinski definition) is 3. The van der Waals surface area contributed by atoms with Crippen LogP contribution in [0.15, 0.2) is 36.4 Å². The van der Waals surface area contributed by atoms with E-state index in [0.717, 1.165) is 22.4 Å². The van der Waals surface area contributed by atoms with Gasteiger partial charge in [0.25, 0.3) is 0 Å². The first kappa shape index (κ1) is 13.4. The van der Waals surface area contributed by atoms with Gasteiger partial charge in [-0.3, -0.25) is 0 Å². The van der Waals surface area contributed by atoms with Crippen LogP contribution in [0.5, 0.6) is 17.2 Å². The summed E-state index contributed by atoms with van der Waals surface area (Å²) >= 11 is 0. The molecule has 2 aromatic rings. The molecule has 0 aliphatic heterocycles. The van der Waals surface area contributed by atoms with E-state index in [1.54, 1.807) is 7.11 Å². The van der Waals surface area contributed by atoms with Crippen molar-refractivity contribution in [3.63, 3.8) is 0 Å².